The summed E-state index contributed by atoms with van der Waals surface area (Å²) in [5.74, 6) is 0. The van der Waals surface area contributed by atoms with Crippen molar-refractivity contribution in [2.75, 3.05) is 18.0 Å². The number of rotatable bonds is 2. The zero-order valence-corrected chi connectivity index (χ0v) is 11.9. The van der Waals surface area contributed by atoms with E-state index in [1.165, 1.54) is 38.5 Å². The number of hydrogen-bond acceptors (Lipinski definition) is 4. The zero-order chi connectivity index (χ0) is 12.6. The molecule has 1 aromatic rings. The van der Waals surface area contributed by atoms with Crippen molar-refractivity contribution in [1.29, 1.82) is 0 Å². The predicted molar refractivity (Wildman–Crippen MR) is 75.1 cm³/mol. The SMILES string of the molecule is CC(O)c1csc(N2CCC3(CCCC3)CC2)n1. The minimum absolute atomic E-state index is 0.444. The second-order valence-electron chi connectivity index (χ2n) is 5.93. The van der Waals surface area contributed by atoms with Crippen LogP contribution in [0.15, 0.2) is 5.38 Å². The summed E-state index contributed by atoms with van der Waals surface area (Å²) in [5, 5.41) is 12.6. The molecule has 0 radical (unpaired) electrons. The zero-order valence-electron chi connectivity index (χ0n) is 11.1. The van der Waals surface area contributed by atoms with Crippen LogP contribution in [-0.4, -0.2) is 23.2 Å². The molecule has 1 aliphatic heterocycles. The minimum Gasteiger partial charge on any atom is -0.387 e. The Labute approximate surface area is 113 Å². The van der Waals surface area contributed by atoms with Gasteiger partial charge in [0.25, 0.3) is 0 Å². The summed E-state index contributed by atoms with van der Waals surface area (Å²) in [7, 11) is 0. The molecule has 1 atom stereocenters. The van der Waals surface area contributed by atoms with Crippen LogP contribution in [0.25, 0.3) is 0 Å². The largest absolute Gasteiger partial charge is 0.387 e. The summed E-state index contributed by atoms with van der Waals surface area (Å²) in [5.41, 5.74) is 1.48. The molecular formula is C14H22N2OS. The van der Waals surface area contributed by atoms with E-state index in [2.05, 4.69) is 9.88 Å². The predicted octanol–water partition coefficient (Wildman–Crippen LogP) is 3.36. The third kappa shape index (κ3) is 2.28. The molecule has 18 heavy (non-hydrogen) atoms. The maximum atomic E-state index is 9.53. The van der Waals surface area contributed by atoms with E-state index < -0.39 is 6.10 Å². The Morgan fingerprint density at radius 1 is 1.28 bits per heavy atom. The van der Waals surface area contributed by atoms with E-state index in [1.54, 1.807) is 18.3 Å². The Bertz CT molecular complexity index is 400. The first-order valence-corrected chi connectivity index (χ1v) is 7.95. The monoisotopic (exact) mass is 266 g/mol. The molecule has 2 aliphatic rings. The van der Waals surface area contributed by atoms with Crippen LogP contribution in [0.5, 0.6) is 0 Å². The molecule has 100 valence electrons. The Kier molecular flexibility index (Phi) is 3.32. The van der Waals surface area contributed by atoms with Gasteiger partial charge in [-0.25, -0.2) is 4.98 Å². The van der Waals surface area contributed by atoms with Crippen LogP contribution in [0.2, 0.25) is 0 Å². The third-order valence-electron chi connectivity index (χ3n) is 4.70. The summed E-state index contributed by atoms with van der Waals surface area (Å²) in [6, 6.07) is 0. The molecule has 1 saturated carbocycles. The maximum absolute atomic E-state index is 9.53. The van der Waals surface area contributed by atoms with Crippen molar-refractivity contribution in [3.05, 3.63) is 11.1 Å². The van der Waals surface area contributed by atoms with Gasteiger partial charge in [0.15, 0.2) is 5.13 Å². The highest BCUT2D eigenvalue weighted by molar-refractivity contribution is 7.13. The number of aliphatic hydroxyl groups excluding tert-OH is 1. The third-order valence-corrected chi connectivity index (χ3v) is 5.62. The molecule has 2 heterocycles. The molecule has 1 aliphatic carbocycles. The van der Waals surface area contributed by atoms with E-state index in [-0.39, 0.29) is 0 Å². The fourth-order valence-electron chi connectivity index (χ4n) is 3.41. The van der Waals surface area contributed by atoms with Gasteiger partial charge in [-0.1, -0.05) is 12.8 Å². The fraction of sp³-hybridized carbons (Fsp3) is 0.786. The van der Waals surface area contributed by atoms with Gasteiger partial charge in [0.1, 0.15) is 0 Å². The summed E-state index contributed by atoms with van der Waals surface area (Å²) in [4.78, 5) is 6.95. The lowest BCUT2D eigenvalue weighted by atomic mass is 9.77. The molecule has 1 unspecified atom stereocenters. The normalized spacial score (nSPS) is 24.7. The van der Waals surface area contributed by atoms with Crippen molar-refractivity contribution in [2.45, 2.75) is 51.6 Å². The Hall–Kier alpha value is -0.610. The lowest BCUT2D eigenvalue weighted by molar-refractivity contribution is 0.195. The van der Waals surface area contributed by atoms with Crippen molar-refractivity contribution >= 4 is 16.5 Å². The van der Waals surface area contributed by atoms with Crippen molar-refractivity contribution in [3.63, 3.8) is 0 Å². The van der Waals surface area contributed by atoms with Crippen LogP contribution in [0.4, 0.5) is 5.13 Å². The molecule has 0 bridgehead atoms. The lowest BCUT2D eigenvalue weighted by Gasteiger charge is -2.39. The van der Waals surface area contributed by atoms with E-state index in [0.29, 0.717) is 5.41 Å². The summed E-state index contributed by atoms with van der Waals surface area (Å²) >= 11 is 1.67. The molecule has 4 heteroatoms. The molecule has 3 nitrogen and oxygen atoms in total. The van der Waals surface area contributed by atoms with Gasteiger partial charge in [-0.15, -0.1) is 11.3 Å². The van der Waals surface area contributed by atoms with Crippen molar-refractivity contribution in [3.8, 4) is 0 Å². The number of piperidine rings is 1. The number of nitrogens with zero attached hydrogens (tertiary/aromatic N) is 2. The highest BCUT2D eigenvalue weighted by Gasteiger charge is 2.37. The molecule has 1 saturated heterocycles. The van der Waals surface area contributed by atoms with E-state index in [4.69, 9.17) is 0 Å². The number of anilines is 1. The summed E-state index contributed by atoms with van der Waals surface area (Å²) in [6.07, 6.45) is 7.97. The van der Waals surface area contributed by atoms with E-state index in [0.717, 1.165) is 23.9 Å². The number of aliphatic hydroxyl groups is 1. The average Bonchev–Trinajstić information content (AvgIpc) is 3.00. The van der Waals surface area contributed by atoms with Gasteiger partial charge in [0.2, 0.25) is 0 Å². The number of hydrogen-bond donors (Lipinski definition) is 1. The first-order chi connectivity index (χ1) is 8.69. The van der Waals surface area contributed by atoms with Gasteiger partial charge in [0, 0.05) is 18.5 Å². The van der Waals surface area contributed by atoms with Gasteiger partial charge >= 0.3 is 0 Å². The van der Waals surface area contributed by atoms with Gasteiger partial charge in [-0.3, -0.25) is 0 Å². The van der Waals surface area contributed by atoms with Crippen molar-refractivity contribution in [1.82, 2.24) is 4.98 Å². The van der Waals surface area contributed by atoms with Gasteiger partial charge < -0.3 is 10.0 Å². The highest BCUT2D eigenvalue weighted by atomic mass is 32.1. The van der Waals surface area contributed by atoms with E-state index in [9.17, 15) is 5.11 Å². The molecule has 2 fully saturated rings. The molecule has 0 aromatic carbocycles. The quantitative estimate of drug-likeness (QED) is 0.891. The van der Waals surface area contributed by atoms with Crippen LogP contribution in [0.1, 0.15) is 57.2 Å². The first kappa shape index (κ1) is 12.4. The van der Waals surface area contributed by atoms with Gasteiger partial charge in [-0.2, -0.15) is 0 Å². The van der Waals surface area contributed by atoms with Crippen LogP contribution >= 0.6 is 11.3 Å². The molecule has 0 amide bonds. The molecule has 1 spiro atoms. The summed E-state index contributed by atoms with van der Waals surface area (Å²) in [6.45, 7) is 4.07. The molecular weight excluding hydrogens is 244 g/mol. The lowest BCUT2D eigenvalue weighted by Crippen LogP contribution is -2.38. The standard InChI is InChI=1S/C14H22N2OS/c1-11(17)12-10-18-13(15-12)16-8-6-14(7-9-16)4-2-3-5-14/h10-11,17H,2-9H2,1H3. The number of thiazole rings is 1. The van der Waals surface area contributed by atoms with Gasteiger partial charge in [0.05, 0.1) is 11.8 Å². The highest BCUT2D eigenvalue weighted by Crippen LogP contribution is 2.46. The average molecular weight is 266 g/mol. The Morgan fingerprint density at radius 3 is 2.50 bits per heavy atom. The Morgan fingerprint density at radius 2 is 1.94 bits per heavy atom. The van der Waals surface area contributed by atoms with E-state index >= 15 is 0 Å². The van der Waals surface area contributed by atoms with Crippen LogP contribution in [0.3, 0.4) is 0 Å². The van der Waals surface area contributed by atoms with Crippen LogP contribution < -0.4 is 4.90 Å². The van der Waals surface area contributed by atoms with Crippen molar-refractivity contribution in [2.24, 2.45) is 5.41 Å². The fourth-order valence-corrected chi connectivity index (χ4v) is 4.38. The van der Waals surface area contributed by atoms with Gasteiger partial charge in [-0.05, 0) is 38.0 Å². The molecule has 1 N–H and O–H groups in total. The van der Waals surface area contributed by atoms with E-state index in [1.807, 2.05) is 5.38 Å². The second kappa shape index (κ2) is 4.82. The first-order valence-electron chi connectivity index (χ1n) is 7.07. The summed E-state index contributed by atoms with van der Waals surface area (Å²) < 4.78 is 0. The number of aromatic nitrogens is 1. The molecule has 3 rings (SSSR count). The topological polar surface area (TPSA) is 36.4 Å². The Balaban J connectivity index is 1.64. The maximum Gasteiger partial charge on any atom is 0.185 e. The smallest absolute Gasteiger partial charge is 0.185 e. The van der Waals surface area contributed by atoms with Crippen LogP contribution in [-0.2, 0) is 0 Å². The van der Waals surface area contributed by atoms with Crippen LogP contribution in [0, 0.1) is 5.41 Å². The molecule has 1 aromatic heterocycles. The second-order valence-corrected chi connectivity index (χ2v) is 6.76. The minimum atomic E-state index is -0.444. The van der Waals surface area contributed by atoms with Crippen molar-refractivity contribution < 1.29 is 5.11 Å².